The van der Waals surface area contributed by atoms with E-state index in [0.29, 0.717) is 36.6 Å². The Morgan fingerprint density at radius 3 is 2.84 bits per heavy atom. The summed E-state index contributed by atoms with van der Waals surface area (Å²) in [6.07, 6.45) is 0. The molecule has 0 aliphatic carbocycles. The van der Waals surface area contributed by atoms with Crippen molar-refractivity contribution in [2.24, 2.45) is 0 Å². The number of aromatic nitrogens is 2. The molecule has 0 saturated carbocycles. The number of hydrogen-bond acceptors (Lipinski definition) is 5. The van der Waals surface area contributed by atoms with E-state index < -0.39 is 0 Å². The fraction of sp³-hybridized carbons (Fsp3) is 0.583. The summed E-state index contributed by atoms with van der Waals surface area (Å²) in [5.41, 5.74) is 0. The van der Waals surface area contributed by atoms with Crippen LogP contribution in [0.15, 0.2) is 6.07 Å². The summed E-state index contributed by atoms with van der Waals surface area (Å²) in [5.74, 6) is 1.04. The Balaban J connectivity index is 2.75. The fourth-order valence-corrected chi connectivity index (χ4v) is 1.65. The number of nitrogens with zero attached hydrogens (tertiary/aromatic N) is 3. The Morgan fingerprint density at radius 1 is 1.47 bits per heavy atom. The van der Waals surface area contributed by atoms with Crippen molar-refractivity contribution in [3.63, 3.8) is 0 Å². The number of carbonyl (C=O) groups excluding carboxylic acids is 1. The Labute approximate surface area is 118 Å². The number of likely N-dealkylation sites (N-methyl/N-ethyl adjacent to an activating group) is 2. The number of halogens is 1. The Morgan fingerprint density at radius 2 is 2.21 bits per heavy atom. The molecular weight excluding hydrogens is 268 g/mol. The monoisotopic (exact) mass is 286 g/mol. The molecule has 1 rings (SSSR count). The Kier molecular flexibility index (Phi) is 6.52. The molecular formula is C12H19ClN4O2. The molecule has 1 N–H and O–H groups in total. The quantitative estimate of drug-likeness (QED) is 0.764. The van der Waals surface area contributed by atoms with E-state index >= 15 is 0 Å². The minimum absolute atomic E-state index is 0.0638. The van der Waals surface area contributed by atoms with E-state index in [2.05, 4.69) is 15.3 Å². The molecule has 0 bridgehead atoms. The summed E-state index contributed by atoms with van der Waals surface area (Å²) in [4.78, 5) is 21.6. The van der Waals surface area contributed by atoms with Crippen LogP contribution in [-0.2, 0) is 16.1 Å². The van der Waals surface area contributed by atoms with E-state index in [1.807, 2.05) is 13.8 Å². The lowest BCUT2D eigenvalue weighted by Crippen LogP contribution is -2.35. The van der Waals surface area contributed by atoms with Gasteiger partial charge in [0.2, 0.25) is 5.91 Å². The van der Waals surface area contributed by atoms with Crippen LogP contribution in [0, 0.1) is 0 Å². The highest BCUT2D eigenvalue weighted by Crippen LogP contribution is 2.15. The van der Waals surface area contributed by atoms with Crippen molar-refractivity contribution in [3.8, 4) is 0 Å². The van der Waals surface area contributed by atoms with E-state index in [9.17, 15) is 4.79 Å². The van der Waals surface area contributed by atoms with Gasteiger partial charge < -0.3 is 15.0 Å². The normalized spacial score (nSPS) is 10.3. The summed E-state index contributed by atoms with van der Waals surface area (Å²) in [6.45, 7) is 5.48. The predicted octanol–water partition coefficient (Wildman–Crippen LogP) is 1.24. The molecule has 0 aliphatic heterocycles. The summed E-state index contributed by atoms with van der Waals surface area (Å²) >= 11 is 5.94. The average molecular weight is 287 g/mol. The number of anilines is 1. The van der Waals surface area contributed by atoms with Gasteiger partial charge in [-0.25, -0.2) is 9.97 Å². The zero-order valence-corrected chi connectivity index (χ0v) is 12.2. The van der Waals surface area contributed by atoms with E-state index in [1.54, 1.807) is 18.0 Å². The van der Waals surface area contributed by atoms with Crippen molar-refractivity contribution in [1.82, 2.24) is 15.3 Å². The smallest absolute Gasteiger partial charge is 0.239 e. The molecule has 106 valence electrons. The van der Waals surface area contributed by atoms with Gasteiger partial charge in [0.25, 0.3) is 0 Å². The van der Waals surface area contributed by atoms with Crippen LogP contribution < -0.4 is 10.2 Å². The van der Waals surface area contributed by atoms with E-state index in [1.165, 1.54) is 0 Å². The third-order valence-corrected chi connectivity index (χ3v) is 2.50. The van der Waals surface area contributed by atoms with E-state index in [4.69, 9.17) is 16.3 Å². The largest absolute Gasteiger partial charge is 0.374 e. The molecule has 0 saturated heterocycles. The fourth-order valence-electron chi connectivity index (χ4n) is 1.45. The van der Waals surface area contributed by atoms with Crippen molar-refractivity contribution in [3.05, 3.63) is 17.0 Å². The van der Waals surface area contributed by atoms with Crippen molar-refractivity contribution in [1.29, 1.82) is 0 Å². The van der Waals surface area contributed by atoms with Crippen LogP contribution in [-0.4, -0.2) is 42.6 Å². The van der Waals surface area contributed by atoms with Gasteiger partial charge in [-0.2, -0.15) is 0 Å². The maximum absolute atomic E-state index is 11.5. The molecule has 0 atom stereocenters. The van der Waals surface area contributed by atoms with Gasteiger partial charge >= 0.3 is 0 Å². The highest BCUT2D eigenvalue weighted by molar-refractivity contribution is 6.29. The van der Waals surface area contributed by atoms with Gasteiger partial charge in [-0.05, 0) is 13.8 Å². The summed E-state index contributed by atoms with van der Waals surface area (Å²) in [7, 11) is 1.78. The maximum atomic E-state index is 11.5. The van der Waals surface area contributed by atoms with Crippen molar-refractivity contribution >= 4 is 23.3 Å². The highest BCUT2D eigenvalue weighted by atomic mass is 35.5. The molecule has 0 aromatic carbocycles. The lowest BCUT2D eigenvalue weighted by molar-refractivity contribution is -0.119. The summed E-state index contributed by atoms with van der Waals surface area (Å²) < 4.78 is 5.25. The molecule has 0 spiro atoms. The molecule has 1 aromatic heterocycles. The van der Waals surface area contributed by atoms with Gasteiger partial charge in [0.1, 0.15) is 17.6 Å². The number of hydrogen-bond donors (Lipinski definition) is 1. The molecule has 0 aliphatic rings. The first-order chi connectivity index (χ1) is 9.06. The molecule has 1 aromatic rings. The van der Waals surface area contributed by atoms with E-state index in [0.717, 1.165) is 0 Å². The summed E-state index contributed by atoms with van der Waals surface area (Å²) in [6, 6.07) is 1.62. The SMILES string of the molecule is CCNC(=O)CN(C)c1cc(Cl)nc(COCC)n1. The van der Waals surface area contributed by atoms with Crippen molar-refractivity contribution < 1.29 is 9.53 Å². The van der Waals surface area contributed by atoms with Gasteiger partial charge in [0.15, 0.2) is 5.82 Å². The number of nitrogens with one attached hydrogen (secondary N) is 1. The predicted molar refractivity (Wildman–Crippen MR) is 74.3 cm³/mol. The first kappa shape index (κ1) is 15.7. The molecule has 7 heteroatoms. The second-order valence-electron chi connectivity index (χ2n) is 3.91. The number of amides is 1. The first-order valence-corrected chi connectivity index (χ1v) is 6.53. The van der Waals surface area contributed by atoms with Crippen LogP contribution >= 0.6 is 11.6 Å². The number of ether oxygens (including phenoxy) is 1. The van der Waals surface area contributed by atoms with Gasteiger partial charge in [-0.3, -0.25) is 4.79 Å². The lowest BCUT2D eigenvalue weighted by Gasteiger charge is -2.18. The average Bonchev–Trinajstić information content (AvgIpc) is 2.36. The third-order valence-electron chi connectivity index (χ3n) is 2.31. The topological polar surface area (TPSA) is 67.4 Å². The van der Waals surface area contributed by atoms with E-state index in [-0.39, 0.29) is 12.5 Å². The number of carbonyl (C=O) groups is 1. The lowest BCUT2D eigenvalue weighted by atomic mass is 10.4. The molecule has 19 heavy (non-hydrogen) atoms. The Hall–Kier alpha value is -1.40. The molecule has 1 heterocycles. The molecule has 0 fully saturated rings. The second kappa shape index (κ2) is 7.91. The first-order valence-electron chi connectivity index (χ1n) is 6.15. The maximum Gasteiger partial charge on any atom is 0.239 e. The molecule has 0 radical (unpaired) electrons. The third kappa shape index (κ3) is 5.40. The van der Waals surface area contributed by atoms with Crippen LogP contribution in [0.1, 0.15) is 19.7 Å². The standard InChI is InChI=1S/C12H19ClN4O2/c1-4-14-12(18)7-17(3)11-6-9(13)15-10(16-11)8-19-5-2/h6H,4-5,7-8H2,1-3H3,(H,14,18). The molecule has 6 nitrogen and oxygen atoms in total. The summed E-state index contributed by atoms with van der Waals surface area (Å²) in [5, 5.41) is 3.06. The number of rotatable bonds is 7. The minimum atomic E-state index is -0.0638. The second-order valence-corrected chi connectivity index (χ2v) is 4.30. The Bertz CT molecular complexity index is 428. The van der Waals surface area contributed by atoms with Crippen LogP contribution in [0.25, 0.3) is 0 Å². The highest BCUT2D eigenvalue weighted by Gasteiger charge is 2.10. The minimum Gasteiger partial charge on any atom is -0.374 e. The van der Waals surface area contributed by atoms with Crippen LogP contribution in [0.3, 0.4) is 0 Å². The van der Waals surface area contributed by atoms with Gasteiger partial charge in [-0.1, -0.05) is 11.6 Å². The molecule has 0 unspecified atom stereocenters. The van der Waals surface area contributed by atoms with Gasteiger partial charge in [0, 0.05) is 26.3 Å². The van der Waals surface area contributed by atoms with Crippen LogP contribution in [0.4, 0.5) is 5.82 Å². The van der Waals surface area contributed by atoms with Gasteiger partial charge in [0.05, 0.1) is 6.54 Å². The van der Waals surface area contributed by atoms with Crippen LogP contribution in [0.5, 0.6) is 0 Å². The van der Waals surface area contributed by atoms with Crippen molar-refractivity contribution in [2.75, 3.05) is 31.6 Å². The van der Waals surface area contributed by atoms with Gasteiger partial charge in [-0.15, -0.1) is 0 Å². The van der Waals surface area contributed by atoms with Crippen LogP contribution in [0.2, 0.25) is 5.15 Å². The zero-order valence-electron chi connectivity index (χ0n) is 11.4. The zero-order chi connectivity index (χ0) is 14.3. The van der Waals surface area contributed by atoms with Crippen molar-refractivity contribution in [2.45, 2.75) is 20.5 Å². The molecule has 1 amide bonds.